The highest BCUT2D eigenvalue weighted by molar-refractivity contribution is 5.24. The predicted molar refractivity (Wildman–Crippen MR) is 39.0 cm³/mol. The lowest BCUT2D eigenvalue weighted by atomic mass is 10.4. The Morgan fingerprint density at radius 3 is 3.33 bits per heavy atom. The molecule has 0 spiro atoms. The summed E-state index contributed by atoms with van der Waals surface area (Å²) < 4.78 is 6.65. The van der Waals surface area contributed by atoms with Crippen LogP contribution in [0.2, 0.25) is 0 Å². The highest BCUT2D eigenvalue weighted by Crippen LogP contribution is 2.26. The van der Waals surface area contributed by atoms with Crippen LogP contribution in [0.25, 0.3) is 0 Å². The van der Waals surface area contributed by atoms with E-state index in [1.165, 1.54) is 10.8 Å². The van der Waals surface area contributed by atoms with Crippen molar-refractivity contribution in [1.82, 2.24) is 9.55 Å². The lowest BCUT2D eigenvalue weighted by molar-refractivity contribution is -0.392. The summed E-state index contributed by atoms with van der Waals surface area (Å²) in [7, 11) is 0. The number of aromatic nitrogens is 2. The third kappa shape index (κ3) is 0.843. The molecule has 0 bridgehead atoms. The lowest BCUT2D eigenvalue weighted by Gasteiger charge is -1.95. The van der Waals surface area contributed by atoms with Crippen molar-refractivity contribution in [2.24, 2.45) is 0 Å². The van der Waals surface area contributed by atoms with Crippen LogP contribution in [0.5, 0.6) is 6.01 Å². The van der Waals surface area contributed by atoms with Crippen LogP contribution >= 0.6 is 0 Å². The minimum atomic E-state index is -0.460. The summed E-state index contributed by atoms with van der Waals surface area (Å²) in [4.78, 5) is 13.7. The molecule has 1 aromatic heterocycles. The normalized spacial score (nSPS) is 20.2. The molecule has 1 atom stereocenters. The summed E-state index contributed by atoms with van der Waals surface area (Å²) in [6, 6.07) is 0.342. The number of nitro groups is 1. The fourth-order valence-corrected chi connectivity index (χ4v) is 1.24. The number of imidazole rings is 1. The molecule has 2 rings (SSSR count). The summed E-state index contributed by atoms with van der Waals surface area (Å²) in [6.07, 6.45) is 1.19. The molecule has 0 N–H and O–H groups in total. The van der Waals surface area contributed by atoms with Crippen molar-refractivity contribution in [3.05, 3.63) is 16.3 Å². The van der Waals surface area contributed by atoms with Crippen molar-refractivity contribution in [3.63, 3.8) is 0 Å². The van der Waals surface area contributed by atoms with Gasteiger partial charge in [0.1, 0.15) is 18.8 Å². The van der Waals surface area contributed by atoms with Crippen molar-refractivity contribution >= 4 is 5.82 Å². The Kier molecular flexibility index (Phi) is 1.30. The zero-order valence-electron chi connectivity index (χ0n) is 6.43. The monoisotopic (exact) mass is 169 g/mol. The SMILES string of the molecule is C[C@H]1Cn2c([N+](=O)[O-])cnc2O1. The molecule has 12 heavy (non-hydrogen) atoms. The Morgan fingerprint density at radius 2 is 2.67 bits per heavy atom. The van der Waals surface area contributed by atoms with Gasteiger partial charge in [0.25, 0.3) is 0 Å². The summed E-state index contributed by atoms with van der Waals surface area (Å²) in [5, 5.41) is 10.4. The van der Waals surface area contributed by atoms with Gasteiger partial charge in [0.15, 0.2) is 0 Å². The lowest BCUT2D eigenvalue weighted by Crippen LogP contribution is -2.09. The Hall–Kier alpha value is -1.59. The first-order valence-corrected chi connectivity index (χ1v) is 3.55. The molecule has 6 heteroatoms. The highest BCUT2D eigenvalue weighted by atomic mass is 16.6. The average molecular weight is 169 g/mol. The Labute approximate surface area is 67.9 Å². The van der Waals surface area contributed by atoms with E-state index in [2.05, 4.69) is 4.98 Å². The summed E-state index contributed by atoms with van der Waals surface area (Å²) >= 11 is 0. The molecule has 0 aromatic carbocycles. The van der Waals surface area contributed by atoms with Gasteiger partial charge in [-0.25, -0.2) is 0 Å². The molecule has 2 heterocycles. The van der Waals surface area contributed by atoms with E-state index in [9.17, 15) is 10.1 Å². The van der Waals surface area contributed by atoms with Gasteiger partial charge in [0.2, 0.25) is 0 Å². The van der Waals surface area contributed by atoms with Gasteiger partial charge < -0.3 is 14.9 Å². The predicted octanol–water partition coefficient (Wildman–Crippen LogP) is 0.572. The van der Waals surface area contributed by atoms with E-state index in [4.69, 9.17) is 4.74 Å². The highest BCUT2D eigenvalue weighted by Gasteiger charge is 2.30. The van der Waals surface area contributed by atoms with Gasteiger partial charge in [-0.2, -0.15) is 9.55 Å². The number of fused-ring (bicyclic) bond motifs is 1. The van der Waals surface area contributed by atoms with E-state index >= 15 is 0 Å². The molecule has 0 unspecified atom stereocenters. The molecule has 1 aromatic rings. The molecule has 0 aliphatic carbocycles. The summed E-state index contributed by atoms with van der Waals surface area (Å²) in [5.74, 6) is -0.00523. The standard InChI is InChI=1S/C6H7N3O3/c1-4-3-8-5(9(10)11)2-7-6(8)12-4/h2,4H,3H2,1H3/t4-/m0/s1. The largest absolute Gasteiger partial charge is 0.440 e. The van der Waals surface area contributed by atoms with Gasteiger partial charge in [-0.05, 0) is 11.8 Å². The first-order chi connectivity index (χ1) is 5.68. The minimum Gasteiger partial charge on any atom is -0.440 e. The quantitative estimate of drug-likeness (QED) is 0.455. The second kappa shape index (κ2) is 2.20. The zero-order chi connectivity index (χ0) is 8.72. The molecule has 1 aliphatic rings. The van der Waals surface area contributed by atoms with Gasteiger partial charge in [-0.15, -0.1) is 0 Å². The fraction of sp³-hybridized carbons (Fsp3) is 0.500. The van der Waals surface area contributed by atoms with Crippen molar-refractivity contribution in [1.29, 1.82) is 0 Å². The number of rotatable bonds is 1. The van der Waals surface area contributed by atoms with E-state index in [1.54, 1.807) is 0 Å². The number of ether oxygens (including phenoxy) is 1. The van der Waals surface area contributed by atoms with Gasteiger partial charge in [-0.1, -0.05) is 0 Å². The van der Waals surface area contributed by atoms with Crippen LogP contribution in [0.4, 0.5) is 5.82 Å². The topological polar surface area (TPSA) is 70.2 Å². The van der Waals surface area contributed by atoms with Gasteiger partial charge in [0, 0.05) is 0 Å². The Bertz CT molecular complexity index is 333. The fourth-order valence-electron chi connectivity index (χ4n) is 1.24. The van der Waals surface area contributed by atoms with Crippen LogP contribution < -0.4 is 4.74 Å². The second-order valence-corrected chi connectivity index (χ2v) is 2.70. The van der Waals surface area contributed by atoms with Crippen molar-refractivity contribution < 1.29 is 9.66 Å². The van der Waals surface area contributed by atoms with E-state index in [1.807, 2.05) is 6.92 Å². The molecule has 0 amide bonds. The van der Waals surface area contributed by atoms with Crippen LogP contribution in [0.15, 0.2) is 6.20 Å². The second-order valence-electron chi connectivity index (χ2n) is 2.70. The van der Waals surface area contributed by atoms with Gasteiger partial charge >= 0.3 is 11.8 Å². The van der Waals surface area contributed by atoms with Crippen LogP contribution in [-0.4, -0.2) is 20.6 Å². The molecular formula is C6H7N3O3. The number of nitrogens with zero attached hydrogens (tertiary/aromatic N) is 3. The summed E-state index contributed by atoms with van der Waals surface area (Å²) in [5.41, 5.74) is 0. The molecular weight excluding hydrogens is 162 g/mol. The molecule has 64 valence electrons. The van der Waals surface area contributed by atoms with E-state index in [0.29, 0.717) is 12.6 Å². The molecule has 0 saturated carbocycles. The van der Waals surface area contributed by atoms with Crippen LogP contribution in [-0.2, 0) is 6.54 Å². The van der Waals surface area contributed by atoms with Crippen LogP contribution in [0.3, 0.4) is 0 Å². The van der Waals surface area contributed by atoms with Crippen molar-refractivity contribution in [2.45, 2.75) is 19.6 Å². The molecule has 1 aliphatic heterocycles. The number of hydrogen-bond acceptors (Lipinski definition) is 4. The average Bonchev–Trinajstić information content (AvgIpc) is 2.43. The van der Waals surface area contributed by atoms with Crippen molar-refractivity contribution in [3.8, 4) is 6.01 Å². The maximum atomic E-state index is 10.4. The van der Waals surface area contributed by atoms with E-state index < -0.39 is 4.92 Å². The third-order valence-electron chi connectivity index (χ3n) is 1.73. The molecule has 0 radical (unpaired) electrons. The Balaban J connectivity index is 2.43. The Morgan fingerprint density at radius 1 is 1.92 bits per heavy atom. The van der Waals surface area contributed by atoms with Crippen LogP contribution in [0, 0.1) is 10.1 Å². The smallest absolute Gasteiger partial charge is 0.391 e. The molecule has 0 fully saturated rings. The van der Waals surface area contributed by atoms with Gasteiger partial charge in [-0.3, -0.25) is 0 Å². The third-order valence-corrected chi connectivity index (χ3v) is 1.73. The first kappa shape index (κ1) is 7.08. The van der Waals surface area contributed by atoms with E-state index in [-0.39, 0.29) is 11.9 Å². The zero-order valence-corrected chi connectivity index (χ0v) is 6.43. The van der Waals surface area contributed by atoms with E-state index in [0.717, 1.165) is 0 Å². The maximum absolute atomic E-state index is 10.4. The molecule has 6 nitrogen and oxygen atoms in total. The van der Waals surface area contributed by atoms with Crippen LogP contribution in [0.1, 0.15) is 6.92 Å². The summed E-state index contributed by atoms with van der Waals surface area (Å²) in [6.45, 7) is 2.35. The first-order valence-electron chi connectivity index (χ1n) is 3.55. The minimum absolute atomic E-state index is 0.00523. The number of hydrogen-bond donors (Lipinski definition) is 0. The van der Waals surface area contributed by atoms with Crippen molar-refractivity contribution in [2.75, 3.05) is 0 Å². The maximum Gasteiger partial charge on any atom is 0.391 e. The molecule has 0 saturated heterocycles. The van der Waals surface area contributed by atoms with Gasteiger partial charge in [0.05, 0.1) is 0 Å².